The molecular formula is C18H21ClN4OS. The van der Waals surface area contributed by atoms with Crippen molar-refractivity contribution in [1.29, 1.82) is 0 Å². The molecule has 0 bridgehead atoms. The highest BCUT2D eigenvalue weighted by Gasteiger charge is 2.34. The first-order valence-corrected chi connectivity index (χ1v) is 8.89. The zero-order valence-electron chi connectivity index (χ0n) is 14.2. The van der Waals surface area contributed by atoms with Crippen LogP contribution in [0.1, 0.15) is 26.8 Å². The quantitative estimate of drug-likeness (QED) is 0.747. The summed E-state index contributed by atoms with van der Waals surface area (Å²) in [6.45, 7) is 3.25. The summed E-state index contributed by atoms with van der Waals surface area (Å²) in [4.78, 5) is 16.6. The molecule has 7 heteroatoms. The number of amides is 1. The zero-order valence-corrected chi connectivity index (χ0v) is 15.8. The fourth-order valence-corrected chi connectivity index (χ4v) is 4.61. The van der Waals surface area contributed by atoms with Gasteiger partial charge in [0.1, 0.15) is 4.83 Å². The first-order valence-electron chi connectivity index (χ1n) is 8.07. The Kier molecular flexibility index (Phi) is 4.86. The Hall–Kier alpha value is -1.89. The molecule has 5 nitrogen and oxygen atoms in total. The van der Waals surface area contributed by atoms with Crippen LogP contribution in [0, 0.1) is 6.92 Å². The van der Waals surface area contributed by atoms with Gasteiger partial charge in [-0.1, -0.05) is 30.3 Å². The van der Waals surface area contributed by atoms with Crippen LogP contribution in [0.25, 0.3) is 10.2 Å². The minimum atomic E-state index is -0.0193. The van der Waals surface area contributed by atoms with Crippen molar-refractivity contribution in [2.75, 3.05) is 13.1 Å². The molecule has 25 heavy (non-hydrogen) atoms. The molecule has 1 aliphatic rings. The van der Waals surface area contributed by atoms with E-state index in [-0.39, 0.29) is 30.3 Å². The number of nitrogens with two attached hydrogens (primary N) is 1. The van der Waals surface area contributed by atoms with Gasteiger partial charge in [0.15, 0.2) is 0 Å². The van der Waals surface area contributed by atoms with E-state index in [1.165, 1.54) is 16.9 Å². The molecule has 0 radical (unpaired) electrons. The summed E-state index contributed by atoms with van der Waals surface area (Å²) in [5.41, 5.74) is 8.48. The van der Waals surface area contributed by atoms with E-state index in [9.17, 15) is 4.79 Å². The summed E-state index contributed by atoms with van der Waals surface area (Å²) < 4.78 is 1.84. The number of halogens is 1. The van der Waals surface area contributed by atoms with Gasteiger partial charge in [0, 0.05) is 37.5 Å². The van der Waals surface area contributed by atoms with Crippen LogP contribution >= 0.6 is 23.7 Å². The summed E-state index contributed by atoms with van der Waals surface area (Å²) in [5, 5.41) is 5.46. The molecule has 2 atom stereocenters. The highest BCUT2D eigenvalue weighted by Crippen LogP contribution is 2.31. The van der Waals surface area contributed by atoms with Crippen molar-refractivity contribution in [3.05, 3.63) is 52.5 Å². The molecule has 1 aromatic carbocycles. The van der Waals surface area contributed by atoms with E-state index in [1.807, 2.05) is 47.8 Å². The summed E-state index contributed by atoms with van der Waals surface area (Å²) in [5.74, 6) is 0.275. The average molecular weight is 377 g/mol. The third-order valence-electron chi connectivity index (χ3n) is 4.79. The largest absolute Gasteiger partial charge is 0.336 e. The minimum Gasteiger partial charge on any atom is -0.336 e. The third-order valence-corrected chi connectivity index (χ3v) is 5.98. The molecule has 132 valence electrons. The van der Waals surface area contributed by atoms with E-state index in [4.69, 9.17) is 5.73 Å². The lowest BCUT2D eigenvalue weighted by Crippen LogP contribution is -2.31. The first kappa shape index (κ1) is 17.9. The minimum absolute atomic E-state index is 0. The number of carbonyl (C=O) groups is 1. The topological polar surface area (TPSA) is 64.2 Å². The van der Waals surface area contributed by atoms with E-state index >= 15 is 0 Å². The molecule has 0 spiro atoms. The Labute approximate surface area is 156 Å². The van der Waals surface area contributed by atoms with Crippen LogP contribution in [-0.4, -0.2) is 39.7 Å². The van der Waals surface area contributed by atoms with Crippen molar-refractivity contribution in [2.45, 2.75) is 18.9 Å². The normalized spacial score (nSPS) is 20.0. The summed E-state index contributed by atoms with van der Waals surface area (Å²) in [6.07, 6.45) is 0. The van der Waals surface area contributed by atoms with Gasteiger partial charge < -0.3 is 10.6 Å². The van der Waals surface area contributed by atoms with E-state index in [2.05, 4.69) is 17.2 Å². The van der Waals surface area contributed by atoms with Crippen LogP contribution in [0.15, 0.2) is 36.4 Å². The molecule has 0 aliphatic carbocycles. The molecule has 1 amide bonds. The van der Waals surface area contributed by atoms with Crippen molar-refractivity contribution in [3.8, 4) is 0 Å². The van der Waals surface area contributed by atoms with Crippen LogP contribution in [-0.2, 0) is 7.05 Å². The number of benzene rings is 1. The molecule has 3 heterocycles. The number of carbonyl (C=O) groups excluding carboxylic acids is 1. The van der Waals surface area contributed by atoms with Crippen LogP contribution in [0.5, 0.6) is 0 Å². The number of likely N-dealkylation sites (tertiary alicyclic amines) is 1. The molecule has 1 saturated heterocycles. The van der Waals surface area contributed by atoms with Crippen LogP contribution < -0.4 is 5.73 Å². The lowest BCUT2D eigenvalue weighted by Gasteiger charge is -2.15. The number of nitrogens with zero attached hydrogens (tertiary/aromatic N) is 3. The second-order valence-corrected chi connectivity index (χ2v) is 7.46. The van der Waals surface area contributed by atoms with Crippen molar-refractivity contribution in [1.82, 2.24) is 14.7 Å². The molecule has 1 aliphatic heterocycles. The van der Waals surface area contributed by atoms with Crippen molar-refractivity contribution < 1.29 is 4.79 Å². The van der Waals surface area contributed by atoms with Gasteiger partial charge in [-0.05, 0) is 18.6 Å². The Morgan fingerprint density at radius 1 is 1.28 bits per heavy atom. The molecule has 0 saturated carbocycles. The highest BCUT2D eigenvalue weighted by atomic mass is 35.5. The maximum Gasteiger partial charge on any atom is 0.264 e. The van der Waals surface area contributed by atoms with E-state index in [0.717, 1.165) is 20.8 Å². The Morgan fingerprint density at radius 2 is 2.00 bits per heavy atom. The maximum atomic E-state index is 12.9. The van der Waals surface area contributed by atoms with Crippen LogP contribution in [0.4, 0.5) is 0 Å². The molecule has 2 aromatic heterocycles. The Bertz CT molecular complexity index is 870. The predicted octanol–water partition coefficient (Wildman–Crippen LogP) is 2.93. The second kappa shape index (κ2) is 6.78. The van der Waals surface area contributed by atoms with Crippen molar-refractivity contribution in [2.24, 2.45) is 12.8 Å². The Morgan fingerprint density at radius 3 is 2.68 bits per heavy atom. The monoisotopic (exact) mass is 376 g/mol. The number of aromatic nitrogens is 2. The van der Waals surface area contributed by atoms with Gasteiger partial charge in [-0.15, -0.1) is 23.7 Å². The second-order valence-electron chi connectivity index (χ2n) is 6.43. The van der Waals surface area contributed by atoms with Gasteiger partial charge in [-0.3, -0.25) is 9.48 Å². The third kappa shape index (κ3) is 3.05. The number of fused-ring (bicyclic) bond motifs is 1. The van der Waals surface area contributed by atoms with E-state index in [0.29, 0.717) is 13.1 Å². The van der Waals surface area contributed by atoms with Gasteiger partial charge in [-0.25, -0.2) is 0 Å². The first-order chi connectivity index (χ1) is 11.5. The fourth-order valence-electron chi connectivity index (χ4n) is 3.51. The summed E-state index contributed by atoms with van der Waals surface area (Å²) >= 11 is 1.51. The molecule has 0 unspecified atom stereocenters. The lowest BCUT2D eigenvalue weighted by molar-refractivity contribution is 0.0794. The molecule has 2 N–H and O–H groups in total. The SMILES string of the molecule is Cc1nn(C)c2sc(C(=O)N3C[C@@H](N)[C@H](c4ccccc4)C3)cc12.Cl. The molecule has 1 fully saturated rings. The number of hydrogen-bond donors (Lipinski definition) is 1. The number of thiophene rings is 1. The lowest BCUT2D eigenvalue weighted by atomic mass is 9.95. The van der Waals surface area contributed by atoms with Gasteiger partial charge in [0.05, 0.1) is 10.6 Å². The zero-order chi connectivity index (χ0) is 16.8. The number of rotatable bonds is 2. The van der Waals surface area contributed by atoms with Gasteiger partial charge in [-0.2, -0.15) is 5.10 Å². The van der Waals surface area contributed by atoms with Crippen molar-refractivity contribution in [3.63, 3.8) is 0 Å². The highest BCUT2D eigenvalue weighted by molar-refractivity contribution is 7.20. The molecule has 3 aromatic rings. The van der Waals surface area contributed by atoms with Gasteiger partial charge in [0.2, 0.25) is 0 Å². The number of hydrogen-bond acceptors (Lipinski definition) is 4. The molecule has 4 rings (SSSR count). The maximum absolute atomic E-state index is 12.9. The fraction of sp³-hybridized carbons (Fsp3) is 0.333. The van der Waals surface area contributed by atoms with Gasteiger partial charge in [0.25, 0.3) is 5.91 Å². The predicted molar refractivity (Wildman–Crippen MR) is 104 cm³/mol. The van der Waals surface area contributed by atoms with Crippen LogP contribution in [0.3, 0.4) is 0 Å². The summed E-state index contributed by atoms with van der Waals surface area (Å²) in [6, 6.07) is 12.2. The molecular weight excluding hydrogens is 356 g/mol. The van der Waals surface area contributed by atoms with E-state index in [1.54, 1.807) is 0 Å². The summed E-state index contributed by atoms with van der Waals surface area (Å²) in [7, 11) is 1.91. The van der Waals surface area contributed by atoms with E-state index < -0.39 is 0 Å². The Balaban J connectivity index is 0.00000182. The average Bonchev–Trinajstić information content (AvgIpc) is 3.24. The standard InChI is InChI=1S/C18H20N4OS.ClH/c1-11-13-8-16(24-18(13)21(2)20-11)17(23)22-9-14(15(19)10-22)12-6-4-3-5-7-12;/h3-8,14-15H,9-10,19H2,1-2H3;1H/t14-,15+;/m0./s1. The van der Waals surface area contributed by atoms with Crippen molar-refractivity contribution >= 4 is 39.9 Å². The van der Waals surface area contributed by atoms with Gasteiger partial charge >= 0.3 is 0 Å². The smallest absolute Gasteiger partial charge is 0.264 e. The van der Waals surface area contributed by atoms with Crippen LogP contribution in [0.2, 0.25) is 0 Å². The number of aryl methyl sites for hydroxylation is 2.